The molecule has 0 bridgehead atoms. The Morgan fingerprint density at radius 2 is 1.72 bits per heavy atom. The summed E-state index contributed by atoms with van der Waals surface area (Å²) < 4.78 is 6.90. The van der Waals surface area contributed by atoms with E-state index in [9.17, 15) is 9.59 Å². The Bertz CT molecular complexity index is 1100. The molecule has 2 N–H and O–H groups in total. The zero-order valence-electron chi connectivity index (χ0n) is 15.4. The van der Waals surface area contributed by atoms with E-state index < -0.39 is 0 Å². The van der Waals surface area contributed by atoms with Gasteiger partial charge in [0.1, 0.15) is 0 Å². The molecule has 0 atom stereocenters. The molecule has 0 unspecified atom stereocenters. The summed E-state index contributed by atoms with van der Waals surface area (Å²) in [5.41, 5.74) is 2.70. The van der Waals surface area contributed by atoms with E-state index in [2.05, 4.69) is 15.7 Å². The molecule has 2 amide bonds. The number of amides is 2. The standard InChI is InChI=1S/C22H18N4O3/c27-21(24-18-9-7-16(8-10-18)15-26-12-3-11-23-26)17-4-1-5-19(14-17)25-22(28)20-6-2-13-29-20/h1-14H,15H2,(H,24,27)(H,25,28). The number of nitrogens with one attached hydrogen (secondary N) is 2. The first-order valence-electron chi connectivity index (χ1n) is 9.00. The number of nitrogens with zero attached hydrogens (tertiary/aromatic N) is 2. The maximum atomic E-state index is 12.6. The van der Waals surface area contributed by atoms with Crippen molar-refractivity contribution in [3.05, 3.63) is 102 Å². The van der Waals surface area contributed by atoms with Crippen LogP contribution in [0.25, 0.3) is 0 Å². The van der Waals surface area contributed by atoms with Crippen molar-refractivity contribution >= 4 is 23.2 Å². The van der Waals surface area contributed by atoms with Crippen LogP contribution in [0.1, 0.15) is 26.5 Å². The molecular formula is C22H18N4O3. The van der Waals surface area contributed by atoms with Crippen LogP contribution in [-0.4, -0.2) is 21.6 Å². The van der Waals surface area contributed by atoms with Crippen molar-refractivity contribution in [3.63, 3.8) is 0 Å². The Morgan fingerprint density at radius 3 is 2.45 bits per heavy atom. The first-order chi connectivity index (χ1) is 14.2. The molecule has 2 heterocycles. The molecule has 2 aromatic heterocycles. The van der Waals surface area contributed by atoms with Gasteiger partial charge in [0.2, 0.25) is 0 Å². The number of hydrogen-bond donors (Lipinski definition) is 2. The average Bonchev–Trinajstić information content (AvgIpc) is 3.44. The lowest BCUT2D eigenvalue weighted by atomic mass is 10.1. The smallest absolute Gasteiger partial charge is 0.291 e. The van der Waals surface area contributed by atoms with Crippen LogP contribution >= 0.6 is 0 Å². The fraction of sp³-hybridized carbons (Fsp3) is 0.0455. The Kier molecular flexibility index (Phi) is 5.20. The Morgan fingerprint density at radius 1 is 0.897 bits per heavy atom. The third kappa shape index (κ3) is 4.59. The highest BCUT2D eigenvalue weighted by Crippen LogP contribution is 2.16. The second-order valence-corrected chi connectivity index (χ2v) is 6.37. The predicted molar refractivity (Wildman–Crippen MR) is 109 cm³/mol. The number of carbonyl (C=O) groups is 2. The molecule has 2 aromatic carbocycles. The summed E-state index contributed by atoms with van der Waals surface area (Å²) in [4.78, 5) is 24.6. The second-order valence-electron chi connectivity index (χ2n) is 6.37. The van der Waals surface area contributed by atoms with Crippen molar-refractivity contribution in [2.24, 2.45) is 0 Å². The summed E-state index contributed by atoms with van der Waals surface area (Å²) in [6.07, 6.45) is 5.06. The van der Waals surface area contributed by atoms with Crippen LogP contribution in [-0.2, 0) is 6.54 Å². The van der Waals surface area contributed by atoms with E-state index in [1.807, 2.05) is 41.2 Å². The third-order valence-electron chi connectivity index (χ3n) is 4.24. The van der Waals surface area contributed by atoms with Crippen LogP contribution < -0.4 is 10.6 Å². The monoisotopic (exact) mass is 386 g/mol. The summed E-state index contributed by atoms with van der Waals surface area (Å²) in [6.45, 7) is 0.665. The van der Waals surface area contributed by atoms with Gasteiger partial charge in [-0.1, -0.05) is 18.2 Å². The molecule has 0 spiro atoms. The van der Waals surface area contributed by atoms with Crippen LogP contribution in [0, 0.1) is 0 Å². The SMILES string of the molecule is O=C(Nc1ccc(Cn2cccn2)cc1)c1cccc(NC(=O)c2ccco2)c1. The van der Waals surface area contributed by atoms with Gasteiger partial charge in [-0.2, -0.15) is 5.10 Å². The first kappa shape index (κ1) is 18.2. The molecule has 144 valence electrons. The summed E-state index contributed by atoms with van der Waals surface area (Å²) in [7, 11) is 0. The Labute approximate surface area is 167 Å². The predicted octanol–water partition coefficient (Wildman–Crippen LogP) is 4.03. The number of carbonyl (C=O) groups excluding carboxylic acids is 2. The molecule has 0 fully saturated rings. The molecule has 0 radical (unpaired) electrons. The van der Waals surface area contributed by atoms with Crippen LogP contribution in [0.3, 0.4) is 0 Å². The van der Waals surface area contributed by atoms with Gasteiger partial charge in [-0.3, -0.25) is 14.3 Å². The number of benzene rings is 2. The topological polar surface area (TPSA) is 89.2 Å². The molecule has 29 heavy (non-hydrogen) atoms. The minimum atomic E-state index is -0.375. The molecule has 4 aromatic rings. The number of rotatable bonds is 6. The highest BCUT2D eigenvalue weighted by atomic mass is 16.3. The van der Waals surface area contributed by atoms with Gasteiger partial charge in [0.15, 0.2) is 5.76 Å². The Balaban J connectivity index is 1.40. The van der Waals surface area contributed by atoms with Crippen molar-refractivity contribution in [1.82, 2.24) is 9.78 Å². The maximum absolute atomic E-state index is 12.6. The lowest BCUT2D eigenvalue weighted by Crippen LogP contribution is -2.14. The molecule has 7 nitrogen and oxygen atoms in total. The van der Waals surface area contributed by atoms with Crippen molar-refractivity contribution in [2.45, 2.75) is 6.54 Å². The Hall–Kier alpha value is -4.13. The molecule has 0 aliphatic heterocycles. The van der Waals surface area contributed by atoms with Gasteiger partial charge in [0, 0.05) is 29.3 Å². The van der Waals surface area contributed by atoms with E-state index in [0.717, 1.165) is 5.56 Å². The van der Waals surface area contributed by atoms with Gasteiger partial charge in [-0.05, 0) is 54.1 Å². The zero-order valence-corrected chi connectivity index (χ0v) is 15.4. The molecule has 0 aliphatic rings. The molecule has 0 saturated carbocycles. The van der Waals surface area contributed by atoms with E-state index >= 15 is 0 Å². The van der Waals surface area contributed by atoms with Crippen LogP contribution in [0.5, 0.6) is 0 Å². The van der Waals surface area contributed by atoms with Gasteiger partial charge < -0.3 is 15.1 Å². The van der Waals surface area contributed by atoms with Gasteiger partial charge in [-0.25, -0.2) is 0 Å². The average molecular weight is 386 g/mol. The third-order valence-corrected chi connectivity index (χ3v) is 4.24. The summed E-state index contributed by atoms with van der Waals surface area (Å²) in [6, 6.07) is 19.4. The highest BCUT2D eigenvalue weighted by Gasteiger charge is 2.11. The lowest BCUT2D eigenvalue weighted by Gasteiger charge is -2.09. The van der Waals surface area contributed by atoms with Gasteiger partial charge in [-0.15, -0.1) is 0 Å². The van der Waals surface area contributed by atoms with Crippen molar-refractivity contribution in [1.29, 1.82) is 0 Å². The lowest BCUT2D eigenvalue weighted by molar-refractivity contribution is 0.0993. The highest BCUT2D eigenvalue weighted by molar-refractivity contribution is 6.06. The van der Waals surface area contributed by atoms with Gasteiger partial charge in [0.05, 0.1) is 12.8 Å². The van der Waals surface area contributed by atoms with E-state index in [0.29, 0.717) is 23.5 Å². The van der Waals surface area contributed by atoms with Crippen LogP contribution in [0.2, 0.25) is 0 Å². The van der Waals surface area contributed by atoms with E-state index in [4.69, 9.17) is 4.42 Å². The largest absolute Gasteiger partial charge is 0.459 e. The van der Waals surface area contributed by atoms with Crippen LogP contribution in [0.15, 0.2) is 89.8 Å². The number of hydrogen-bond acceptors (Lipinski definition) is 4. The van der Waals surface area contributed by atoms with E-state index in [1.54, 1.807) is 42.6 Å². The molecule has 0 saturated heterocycles. The fourth-order valence-corrected chi connectivity index (χ4v) is 2.82. The fourth-order valence-electron chi connectivity index (χ4n) is 2.82. The summed E-state index contributed by atoms with van der Waals surface area (Å²) in [5.74, 6) is -0.436. The first-order valence-corrected chi connectivity index (χ1v) is 9.00. The normalized spacial score (nSPS) is 10.5. The summed E-state index contributed by atoms with van der Waals surface area (Å²) in [5, 5.41) is 9.75. The number of anilines is 2. The molecular weight excluding hydrogens is 368 g/mol. The van der Waals surface area contributed by atoms with Crippen molar-refractivity contribution in [3.8, 4) is 0 Å². The number of aromatic nitrogens is 2. The van der Waals surface area contributed by atoms with Crippen molar-refractivity contribution in [2.75, 3.05) is 10.6 Å². The van der Waals surface area contributed by atoms with Gasteiger partial charge >= 0.3 is 0 Å². The number of furan rings is 1. The molecule has 0 aliphatic carbocycles. The minimum Gasteiger partial charge on any atom is -0.459 e. The minimum absolute atomic E-state index is 0.204. The second kappa shape index (κ2) is 8.26. The molecule has 4 rings (SSSR count). The maximum Gasteiger partial charge on any atom is 0.291 e. The van der Waals surface area contributed by atoms with Crippen molar-refractivity contribution < 1.29 is 14.0 Å². The van der Waals surface area contributed by atoms with E-state index in [1.165, 1.54) is 6.26 Å². The van der Waals surface area contributed by atoms with E-state index in [-0.39, 0.29) is 17.6 Å². The van der Waals surface area contributed by atoms with Gasteiger partial charge in [0.25, 0.3) is 11.8 Å². The van der Waals surface area contributed by atoms with Crippen LogP contribution in [0.4, 0.5) is 11.4 Å². The zero-order chi connectivity index (χ0) is 20.1. The molecule has 7 heteroatoms. The quantitative estimate of drug-likeness (QED) is 0.524. The summed E-state index contributed by atoms with van der Waals surface area (Å²) >= 11 is 0.